The fourth-order valence-electron chi connectivity index (χ4n) is 7.76. The highest BCUT2D eigenvalue weighted by molar-refractivity contribution is 5.71. The Morgan fingerprint density at radius 1 is 0.241 bits per heavy atom. The molecule has 0 saturated carbocycles. The van der Waals surface area contributed by atoms with Gasteiger partial charge < -0.3 is 14.2 Å². The summed E-state index contributed by atoms with van der Waals surface area (Å²) in [6, 6.07) is 0. The van der Waals surface area contributed by atoms with Gasteiger partial charge in [0.15, 0.2) is 6.10 Å². The fraction of sp³-hybridized carbons (Fsp3) is 0.494. The first kappa shape index (κ1) is 76.7. The van der Waals surface area contributed by atoms with Crippen molar-refractivity contribution >= 4 is 17.9 Å². The lowest BCUT2D eigenvalue weighted by molar-refractivity contribution is -0.167. The van der Waals surface area contributed by atoms with Crippen molar-refractivity contribution in [2.24, 2.45) is 0 Å². The van der Waals surface area contributed by atoms with Gasteiger partial charge in [0.2, 0.25) is 0 Å². The van der Waals surface area contributed by atoms with Crippen LogP contribution in [0.25, 0.3) is 0 Å². The van der Waals surface area contributed by atoms with Gasteiger partial charge in [-0.15, -0.1) is 0 Å². The van der Waals surface area contributed by atoms with E-state index in [0.717, 1.165) is 161 Å². The maximum Gasteiger partial charge on any atom is 0.306 e. The number of hydrogen-bond donors (Lipinski definition) is 0. The summed E-state index contributed by atoms with van der Waals surface area (Å²) in [7, 11) is 0. The molecule has 458 valence electrons. The molecule has 6 heteroatoms. The summed E-state index contributed by atoms with van der Waals surface area (Å²) >= 11 is 0. The SMILES string of the molecule is CC/C=C\C/C=C\C/C=C\C/C=C\C/C=C\C/C=C\C/C=C\C/C=C\CCCCCCCCC(=O)OCC(COC(=O)CCC/C=C\C/C=C\C/C=C\C/C=C\C/C=C\CC)OC(=O)CCC/C=C\C/C=C\C/C=C\C/C=C\C/C=C\CC. The van der Waals surface area contributed by atoms with E-state index in [1.165, 1.54) is 12.8 Å². The topological polar surface area (TPSA) is 78.9 Å². The molecule has 0 aliphatic rings. The number of allylic oxidation sites excluding steroid dienone is 36. The zero-order chi connectivity index (χ0) is 59.9. The number of carbonyl (C=O) groups excluding carboxylic acids is 3. The van der Waals surface area contributed by atoms with Crippen LogP contribution >= 0.6 is 0 Å². The van der Waals surface area contributed by atoms with E-state index in [9.17, 15) is 14.4 Å². The summed E-state index contributed by atoms with van der Waals surface area (Å²) in [5, 5.41) is 0. The van der Waals surface area contributed by atoms with E-state index in [1.807, 2.05) is 0 Å². The second-order valence-electron chi connectivity index (χ2n) is 20.2. The van der Waals surface area contributed by atoms with E-state index in [1.54, 1.807) is 0 Å². The summed E-state index contributed by atoms with van der Waals surface area (Å²) in [6.45, 7) is 6.16. The first-order valence-corrected chi connectivity index (χ1v) is 32.2. The molecule has 0 amide bonds. The van der Waals surface area contributed by atoms with Crippen molar-refractivity contribution in [1.29, 1.82) is 0 Å². The number of esters is 3. The maximum atomic E-state index is 12.9. The van der Waals surface area contributed by atoms with Crippen LogP contribution in [-0.4, -0.2) is 37.2 Å². The van der Waals surface area contributed by atoms with Gasteiger partial charge in [-0.3, -0.25) is 14.4 Å². The van der Waals surface area contributed by atoms with Gasteiger partial charge >= 0.3 is 17.9 Å². The molecule has 0 bridgehead atoms. The van der Waals surface area contributed by atoms with Gasteiger partial charge in [-0.05, 0) is 161 Å². The molecule has 0 radical (unpaired) electrons. The van der Waals surface area contributed by atoms with Crippen LogP contribution in [0.4, 0.5) is 0 Å². The second-order valence-corrected chi connectivity index (χ2v) is 20.2. The van der Waals surface area contributed by atoms with Crippen molar-refractivity contribution in [1.82, 2.24) is 0 Å². The third-order valence-corrected chi connectivity index (χ3v) is 12.5. The van der Waals surface area contributed by atoms with Crippen molar-refractivity contribution in [2.75, 3.05) is 13.2 Å². The smallest absolute Gasteiger partial charge is 0.306 e. The van der Waals surface area contributed by atoms with Gasteiger partial charge in [-0.25, -0.2) is 0 Å². The van der Waals surface area contributed by atoms with Crippen LogP contribution in [0, 0.1) is 0 Å². The van der Waals surface area contributed by atoms with Gasteiger partial charge in [0, 0.05) is 19.3 Å². The third-order valence-electron chi connectivity index (χ3n) is 12.5. The molecular weight excluding hydrogens is 1020 g/mol. The molecule has 0 N–H and O–H groups in total. The van der Waals surface area contributed by atoms with Gasteiger partial charge in [0.25, 0.3) is 0 Å². The van der Waals surface area contributed by atoms with E-state index in [2.05, 4.69) is 240 Å². The minimum Gasteiger partial charge on any atom is -0.462 e. The Morgan fingerprint density at radius 3 is 0.723 bits per heavy atom. The highest BCUT2D eigenvalue weighted by Gasteiger charge is 2.19. The first-order valence-electron chi connectivity index (χ1n) is 32.2. The molecule has 1 unspecified atom stereocenters. The Bertz CT molecular complexity index is 2080. The van der Waals surface area contributed by atoms with Crippen LogP contribution in [0.15, 0.2) is 219 Å². The zero-order valence-corrected chi connectivity index (χ0v) is 52.4. The number of unbranched alkanes of at least 4 members (excludes halogenated alkanes) is 8. The van der Waals surface area contributed by atoms with Crippen molar-refractivity contribution in [3.8, 4) is 0 Å². The molecule has 0 spiro atoms. The molecule has 1 atom stereocenters. The van der Waals surface area contributed by atoms with Crippen molar-refractivity contribution in [3.05, 3.63) is 219 Å². The van der Waals surface area contributed by atoms with Crippen LogP contribution < -0.4 is 0 Å². The lowest BCUT2D eigenvalue weighted by Gasteiger charge is -2.18. The predicted molar refractivity (Wildman–Crippen MR) is 361 cm³/mol. The summed E-state index contributed by atoms with van der Waals surface area (Å²) in [6.07, 6.45) is 107. The first-order chi connectivity index (χ1) is 41.0. The van der Waals surface area contributed by atoms with Crippen LogP contribution in [0.1, 0.15) is 226 Å². The van der Waals surface area contributed by atoms with E-state index < -0.39 is 12.1 Å². The highest BCUT2D eigenvalue weighted by Crippen LogP contribution is 2.12. The summed E-state index contributed by atoms with van der Waals surface area (Å²) in [5.74, 6) is -1.09. The minimum atomic E-state index is -0.853. The van der Waals surface area contributed by atoms with Gasteiger partial charge in [-0.1, -0.05) is 265 Å². The molecule has 0 heterocycles. The van der Waals surface area contributed by atoms with Crippen molar-refractivity contribution in [3.63, 3.8) is 0 Å². The minimum absolute atomic E-state index is 0.139. The second kappa shape index (κ2) is 68.2. The number of rotatable bonds is 55. The summed E-state index contributed by atoms with van der Waals surface area (Å²) < 4.78 is 16.8. The van der Waals surface area contributed by atoms with Crippen molar-refractivity contribution < 1.29 is 28.6 Å². The quantitative estimate of drug-likeness (QED) is 0.0261. The normalized spacial score (nSPS) is 13.6. The van der Waals surface area contributed by atoms with Crippen LogP contribution in [0.3, 0.4) is 0 Å². The van der Waals surface area contributed by atoms with E-state index in [0.29, 0.717) is 19.3 Å². The molecule has 6 nitrogen and oxygen atoms in total. The molecular formula is C77H114O6. The molecule has 0 aromatic heterocycles. The summed E-state index contributed by atoms with van der Waals surface area (Å²) in [5.41, 5.74) is 0. The fourth-order valence-corrected chi connectivity index (χ4v) is 7.76. The van der Waals surface area contributed by atoms with Gasteiger partial charge in [-0.2, -0.15) is 0 Å². The molecule has 0 aromatic carbocycles. The zero-order valence-electron chi connectivity index (χ0n) is 52.4. The van der Waals surface area contributed by atoms with E-state index in [-0.39, 0.29) is 38.0 Å². The number of ether oxygens (including phenoxy) is 3. The average molecular weight is 1140 g/mol. The molecule has 0 aromatic rings. The number of hydrogen-bond acceptors (Lipinski definition) is 6. The van der Waals surface area contributed by atoms with Crippen LogP contribution in [0.5, 0.6) is 0 Å². The monoisotopic (exact) mass is 1130 g/mol. The molecule has 0 aliphatic heterocycles. The van der Waals surface area contributed by atoms with E-state index >= 15 is 0 Å². The Kier molecular flexibility index (Phi) is 63.1. The Labute approximate surface area is 508 Å². The van der Waals surface area contributed by atoms with Crippen LogP contribution in [-0.2, 0) is 28.6 Å². The molecule has 83 heavy (non-hydrogen) atoms. The lowest BCUT2D eigenvalue weighted by atomic mass is 10.1. The predicted octanol–water partition coefficient (Wildman–Crippen LogP) is 22.5. The van der Waals surface area contributed by atoms with Crippen LogP contribution in [0.2, 0.25) is 0 Å². The van der Waals surface area contributed by atoms with Gasteiger partial charge in [0.1, 0.15) is 13.2 Å². The largest absolute Gasteiger partial charge is 0.462 e. The third kappa shape index (κ3) is 66.4. The van der Waals surface area contributed by atoms with E-state index in [4.69, 9.17) is 14.2 Å². The Balaban J connectivity index is 4.53. The van der Waals surface area contributed by atoms with Gasteiger partial charge in [0.05, 0.1) is 0 Å². The summed E-state index contributed by atoms with van der Waals surface area (Å²) in [4.78, 5) is 38.3. The average Bonchev–Trinajstić information content (AvgIpc) is 3.49. The molecule has 0 rings (SSSR count). The highest BCUT2D eigenvalue weighted by atomic mass is 16.6. The number of carbonyl (C=O) groups is 3. The Hall–Kier alpha value is -6.27. The molecule has 0 fully saturated rings. The maximum absolute atomic E-state index is 12.9. The molecule has 0 saturated heterocycles. The molecule has 0 aliphatic carbocycles. The lowest BCUT2D eigenvalue weighted by Crippen LogP contribution is -2.30. The standard InChI is InChI=1S/C77H114O6/c1-4-7-10-13-16-19-22-25-28-31-32-33-34-35-36-37-38-39-40-41-42-43-44-47-49-52-55-58-61-64-67-70-76(79)82-73-74(83-77(80)71-68-65-62-59-56-53-50-46-30-27-24-21-18-15-12-9-6-3)72-81-75(78)69-66-63-60-57-54-51-48-45-29-26-23-20-17-14-11-8-5-2/h7-12,16-21,25-30,32-33,35-36,38-39,41-42,44,47-48,50-51,53,57,59-60,62,74H,4-6,13-15,22-24,31,34,37,40,43,45-46,49,52,54-56,58,61,63-73H2,1-3H3/b10-7-,11-8-,12-9-,19-16-,20-17-,21-18-,28-25-,29-26-,30-27-,33-32-,36-35-,39-38-,42-41-,47-44-,51-48-,53-50-,60-57-,62-59-. The van der Waals surface area contributed by atoms with Crippen molar-refractivity contribution in [2.45, 2.75) is 232 Å². The Morgan fingerprint density at radius 2 is 0.446 bits per heavy atom.